The van der Waals surface area contributed by atoms with Crippen LogP contribution in [0, 0.1) is 0 Å². The second-order valence-corrected chi connectivity index (χ2v) is 6.68. The van der Waals surface area contributed by atoms with Gasteiger partial charge in [-0.3, -0.25) is 4.98 Å². The number of hydrogen-bond donors (Lipinski definition) is 2. The number of nitrogens with one attached hydrogen (secondary N) is 1. The maximum absolute atomic E-state index is 12.8. The Morgan fingerprint density at radius 2 is 1.84 bits per heavy atom. The fourth-order valence-corrected chi connectivity index (χ4v) is 3.06. The summed E-state index contributed by atoms with van der Waals surface area (Å²) in [6.07, 6.45) is -3.52. The van der Waals surface area contributed by atoms with Crippen LogP contribution < -0.4 is 10.1 Å². The van der Waals surface area contributed by atoms with Crippen molar-refractivity contribution in [3.8, 4) is 17.1 Å². The van der Waals surface area contributed by atoms with Crippen molar-refractivity contribution < 1.29 is 27.8 Å². The average molecular weight is 440 g/mol. The number of aromatic nitrogens is 3. The molecule has 32 heavy (non-hydrogen) atoms. The van der Waals surface area contributed by atoms with Crippen LogP contribution in [0.5, 0.6) is 5.75 Å². The first kappa shape index (κ1) is 21.0. The summed E-state index contributed by atoms with van der Waals surface area (Å²) in [5, 5.41) is 13.0. The van der Waals surface area contributed by atoms with Gasteiger partial charge in [0.15, 0.2) is 5.82 Å². The number of methoxy groups -OCH3 is 1. The summed E-state index contributed by atoms with van der Waals surface area (Å²) in [5.74, 6) is -0.215. The molecule has 0 amide bonds. The van der Waals surface area contributed by atoms with Crippen LogP contribution in [-0.4, -0.2) is 33.1 Å². The molecule has 162 valence electrons. The lowest BCUT2D eigenvalue weighted by Gasteiger charge is -2.14. The number of aromatic carboxylic acids is 1. The molecule has 0 saturated carbocycles. The van der Waals surface area contributed by atoms with Gasteiger partial charge in [-0.2, -0.15) is 13.2 Å². The standard InChI is InChI=1S/C22H15F3N4O3/c1-32-13-7-8-17-15(10-13)20(28-16-5-3-2-4-14(16)21(30)31)29-19(27-17)12-6-9-18(26-11-12)22(23,24)25/h2-11H,1H3,(H,30,31)(H,27,28,29). The molecule has 2 aromatic heterocycles. The van der Waals surface area contributed by atoms with Crippen LogP contribution in [0.2, 0.25) is 0 Å². The van der Waals surface area contributed by atoms with Gasteiger partial charge in [0.05, 0.1) is 23.9 Å². The number of rotatable bonds is 5. The van der Waals surface area contributed by atoms with E-state index < -0.39 is 17.8 Å². The first-order valence-corrected chi connectivity index (χ1v) is 9.25. The van der Waals surface area contributed by atoms with Gasteiger partial charge >= 0.3 is 12.1 Å². The van der Waals surface area contributed by atoms with E-state index in [0.717, 1.165) is 12.3 Å². The number of carboxylic acids is 1. The van der Waals surface area contributed by atoms with Crippen molar-refractivity contribution >= 4 is 28.4 Å². The van der Waals surface area contributed by atoms with Crippen molar-refractivity contribution in [2.45, 2.75) is 6.18 Å². The lowest BCUT2D eigenvalue weighted by molar-refractivity contribution is -0.141. The maximum atomic E-state index is 12.8. The third kappa shape index (κ3) is 4.15. The van der Waals surface area contributed by atoms with Crippen molar-refractivity contribution in [3.05, 3.63) is 72.1 Å². The van der Waals surface area contributed by atoms with Gasteiger partial charge in [-0.1, -0.05) is 12.1 Å². The van der Waals surface area contributed by atoms with Crippen molar-refractivity contribution in [3.63, 3.8) is 0 Å². The van der Waals surface area contributed by atoms with E-state index >= 15 is 0 Å². The number of benzene rings is 2. The highest BCUT2D eigenvalue weighted by Gasteiger charge is 2.32. The van der Waals surface area contributed by atoms with Gasteiger partial charge in [0.25, 0.3) is 0 Å². The van der Waals surface area contributed by atoms with E-state index in [1.54, 1.807) is 36.4 Å². The van der Waals surface area contributed by atoms with E-state index in [0.29, 0.717) is 22.3 Å². The quantitative estimate of drug-likeness (QED) is 0.442. The largest absolute Gasteiger partial charge is 0.497 e. The molecule has 0 radical (unpaired) electrons. The van der Waals surface area contributed by atoms with Crippen LogP contribution in [-0.2, 0) is 6.18 Å². The molecular formula is C22H15F3N4O3. The monoisotopic (exact) mass is 440 g/mol. The zero-order valence-electron chi connectivity index (χ0n) is 16.5. The number of carbonyl (C=O) groups is 1. The molecule has 4 rings (SSSR count). The highest BCUT2D eigenvalue weighted by molar-refractivity contribution is 5.98. The first-order valence-electron chi connectivity index (χ1n) is 9.25. The molecule has 2 heterocycles. The highest BCUT2D eigenvalue weighted by atomic mass is 19.4. The Labute approximate surface area is 179 Å². The Bertz CT molecular complexity index is 1310. The fourth-order valence-electron chi connectivity index (χ4n) is 3.06. The summed E-state index contributed by atoms with van der Waals surface area (Å²) in [4.78, 5) is 23.9. The van der Waals surface area contributed by atoms with Crippen LogP contribution in [0.3, 0.4) is 0 Å². The number of fused-ring (bicyclic) bond motifs is 1. The van der Waals surface area contributed by atoms with Gasteiger partial charge in [-0.05, 0) is 42.5 Å². The molecule has 0 fully saturated rings. The van der Waals surface area contributed by atoms with E-state index in [2.05, 4.69) is 20.3 Å². The van der Waals surface area contributed by atoms with Gasteiger partial charge in [0.1, 0.15) is 17.3 Å². The van der Waals surface area contributed by atoms with Gasteiger partial charge in [-0.15, -0.1) is 0 Å². The molecule has 0 aliphatic carbocycles. The summed E-state index contributed by atoms with van der Waals surface area (Å²) >= 11 is 0. The van der Waals surface area contributed by atoms with Crippen LogP contribution in [0.15, 0.2) is 60.8 Å². The van der Waals surface area contributed by atoms with Gasteiger partial charge < -0.3 is 15.2 Å². The molecule has 10 heteroatoms. The molecule has 0 saturated heterocycles. The van der Waals surface area contributed by atoms with Gasteiger partial charge in [0, 0.05) is 17.1 Å². The van der Waals surface area contributed by atoms with Crippen LogP contribution in [0.4, 0.5) is 24.7 Å². The maximum Gasteiger partial charge on any atom is 0.433 e. The molecule has 4 aromatic rings. The molecule has 0 aliphatic rings. The Balaban J connectivity index is 1.86. The lowest BCUT2D eigenvalue weighted by atomic mass is 10.1. The minimum Gasteiger partial charge on any atom is -0.497 e. The first-order chi connectivity index (χ1) is 15.3. The number of halogens is 3. The molecular weight excluding hydrogens is 425 g/mol. The third-order valence-electron chi connectivity index (χ3n) is 4.63. The van der Waals surface area contributed by atoms with E-state index in [1.807, 2.05) is 0 Å². The van der Waals surface area contributed by atoms with E-state index in [1.165, 1.54) is 19.2 Å². The lowest BCUT2D eigenvalue weighted by Crippen LogP contribution is -2.08. The highest BCUT2D eigenvalue weighted by Crippen LogP contribution is 2.32. The normalized spacial score (nSPS) is 11.4. The molecule has 0 spiro atoms. The number of alkyl halides is 3. The van der Waals surface area contributed by atoms with Gasteiger partial charge in [-0.25, -0.2) is 14.8 Å². The number of hydrogen-bond acceptors (Lipinski definition) is 6. The third-order valence-corrected chi connectivity index (χ3v) is 4.63. The molecule has 2 N–H and O–H groups in total. The molecule has 7 nitrogen and oxygen atoms in total. The molecule has 0 unspecified atom stereocenters. The van der Waals surface area contributed by atoms with Crippen molar-refractivity contribution in [1.82, 2.24) is 15.0 Å². The van der Waals surface area contributed by atoms with Crippen molar-refractivity contribution in [2.75, 3.05) is 12.4 Å². The predicted octanol–water partition coefficient (Wildman–Crippen LogP) is 5.16. The van der Waals surface area contributed by atoms with E-state index in [9.17, 15) is 23.1 Å². The summed E-state index contributed by atoms with van der Waals surface area (Å²) in [6, 6.07) is 13.4. The number of nitrogens with zero attached hydrogens (tertiary/aromatic N) is 3. The summed E-state index contributed by atoms with van der Waals surface area (Å²) in [7, 11) is 1.50. The minimum atomic E-state index is -4.56. The number of ether oxygens (including phenoxy) is 1. The van der Waals surface area contributed by atoms with Crippen molar-refractivity contribution in [1.29, 1.82) is 0 Å². The molecule has 0 aliphatic heterocycles. The molecule has 0 atom stereocenters. The number of pyridine rings is 1. The summed E-state index contributed by atoms with van der Waals surface area (Å²) in [5.41, 5.74) is 0.0380. The Kier molecular flexibility index (Phi) is 5.35. The Morgan fingerprint density at radius 1 is 1.06 bits per heavy atom. The average Bonchev–Trinajstić information content (AvgIpc) is 2.78. The molecule has 0 bridgehead atoms. The van der Waals surface area contributed by atoms with Crippen LogP contribution in [0.25, 0.3) is 22.3 Å². The number of carboxylic acid groups (broad SMARTS) is 1. The Hall–Kier alpha value is -4.21. The number of anilines is 2. The van der Waals surface area contributed by atoms with Crippen molar-refractivity contribution in [2.24, 2.45) is 0 Å². The number of para-hydroxylation sites is 1. The zero-order chi connectivity index (χ0) is 22.9. The SMILES string of the molecule is COc1ccc2nc(-c3ccc(C(F)(F)F)nc3)nc(Nc3ccccc3C(=O)O)c2c1. The van der Waals surface area contributed by atoms with Crippen LogP contribution in [0.1, 0.15) is 16.1 Å². The zero-order valence-corrected chi connectivity index (χ0v) is 16.5. The van der Waals surface area contributed by atoms with E-state index in [4.69, 9.17) is 4.74 Å². The van der Waals surface area contributed by atoms with Crippen LogP contribution >= 0.6 is 0 Å². The second kappa shape index (κ2) is 8.14. The minimum absolute atomic E-state index is 0.0277. The smallest absolute Gasteiger partial charge is 0.433 e. The van der Waals surface area contributed by atoms with Gasteiger partial charge in [0.2, 0.25) is 0 Å². The Morgan fingerprint density at radius 3 is 2.50 bits per heavy atom. The second-order valence-electron chi connectivity index (χ2n) is 6.68. The van der Waals surface area contributed by atoms with E-state index in [-0.39, 0.29) is 22.8 Å². The summed E-state index contributed by atoms with van der Waals surface area (Å²) < 4.78 is 43.8. The topological polar surface area (TPSA) is 97.2 Å². The summed E-state index contributed by atoms with van der Waals surface area (Å²) in [6.45, 7) is 0. The molecule has 2 aromatic carbocycles. The predicted molar refractivity (Wildman–Crippen MR) is 111 cm³/mol. The fraction of sp³-hybridized carbons (Fsp3) is 0.0909.